The SMILES string of the molecule is Cc1cncc(C(=O)c2ccc(Cl)cn2)c1. The summed E-state index contributed by atoms with van der Waals surface area (Å²) < 4.78 is 0. The molecule has 16 heavy (non-hydrogen) atoms. The zero-order valence-electron chi connectivity index (χ0n) is 8.64. The Kier molecular flexibility index (Phi) is 2.97. The largest absolute Gasteiger partial charge is 0.287 e. The Balaban J connectivity index is 2.35. The molecule has 0 spiro atoms. The van der Waals surface area contributed by atoms with Crippen LogP contribution in [0.25, 0.3) is 0 Å². The van der Waals surface area contributed by atoms with E-state index in [-0.39, 0.29) is 5.78 Å². The van der Waals surface area contributed by atoms with Gasteiger partial charge in [0.2, 0.25) is 5.78 Å². The molecular weight excluding hydrogens is 224 g/mol. The van der Waals surface area contributed by atoms with E-state index in [0.717, 1.165) is 5.56 Å². The summed E-state index contributed by atoms with van der Waals surface area (Å²) in [6.45, 7) is 1.89. The van der Waals surface area contributed by atoms with Crippen LogP contribution in [0.2, 0.25) is 5.02 Å². The molecule has 2 aromatic heterocycles. The van der Waals surface area contributed by atoms with Crippen LogP contribution in [0.5, 0.6) is 0 Å². The van der Waals surface area contributed by atoms with Crippen molar-refractivity contribution in [2.24, 2.45) is 0 Å². The normalized spacial score (nSPS) is 10.1. The highest BCUT2D eigenvalue weighted by atomic mass is 35.5. The van der Waals surface area contributed by atoms with Crippen molar-refractivity contribution in [3.8, 4) is 0 Å². The van der Waals surface area contributed by atoms with Gasteiger partial charge < -0.3 is 0 Å². The summed E-state index contributed by atoms with van der Waals surface area (Å²) in [7, 11) is 0. The van der Waals surface area contributed by atoms with Gasteiger partial charge >= 0.3 is 0 Å². The van der Waals surface area contributed by atoms with Gasteiger partial charge in [0.1, 0.15) is 5.69 Å². The van der Waals surface area contributed by atoms with Crippen LogP contribution in [0, 0.1) is 6.92 Å². The number of halogens is 1. The zero-order chi connectivity index (χ0) is 11.5. The van der Waals surface area contributed by atoms with Crippen LogP contribution in [-0.2, 0) is 0 Å². The molecule has 2 heterocycles. The second kappa shape index (κ2) is 4.41. The van der Waals surface area contributed by atoms with Gasteiger partial charge in [-0.3, -0.25) is 14.8 Å². The minimum atomic E-state index is -0.145. The lowest BCUT2D eigenvalue weighted by atomic mass is 10.1. The highest BCUT2D eigenvalue weighted by molar-refractivity contribution is 6.30. The lowest BCUT2D eigenvalue weighted by Gasteiger charge is -2.00. The number of aromatic nitrogens is 2. The molecule has 0 unspecified atom stereocenters. The van der Waals surface area contributed by atoms with E-state index in [1.807, 2.05) is 6.92 Å². The van der Waals surface area contributed by atoms with Crippen molar-refractivity contribution in [1.29, 1.82) is 0 Å². The van der Waals surface area contributed by atoms with Crippen LogP contribution in [-0.4, -0.2) is 15.8 Å². The van der Waals surface area contributed by atoms with E-state index in [1.54, 1.807) is 24.4 Å². The van der Waals surface area contributed by atoms with Crippen molar-refractivity contribution >= 4 is 17.4 Å². The van der Waals surface area contributed by atoms with Crippen LogP contribution >= 0.6 is 11.6 Å². The summed E-state index contributed by atoms with van der Waals surface area (Å²) in [5.41, 5.74) is 1.85. The number of hydrogen-bond donors (Lipinski definition) is 0. The first kappa shape index (κ1) is 10.8. The predicted octanol–water partition coefficient (Wildman–Crippen LogP) is 2.67. The first-order valence-electron chi connectivity index (χ1n) is 4.75. The van der Waals surface area contributed by atoms with E-state index in [4.69, 9.17) is 11.6 Å². The number of carbonyl (C=O) groups is 1. The van der Waals surface area contributed by atoms with Crippen molar-refractivity contribution in [3.63, 3.8) is 0 Å². The highest BCUT2D eigenvalue weighted by Gasteiger charge is 2.10. The van der Waals surface area contributed by atoms with Crippen LogP contribution in [0.15, 0.2) is 36.8 Å². The Labute approximate surface area is 98.1 Å². The molecule has 80 valence electrons. The van der Waals surface area contributed by atoms with Gasteiger partial charge in [0.05, 0.1) is 5.02 Å². The number of ketones is 1. The van der Waals surface area contributed by atoms with E-state index in [0.29, 0.717) is 16.3 Å². The summed E-state index contributed by atoms with van der Waals surface area (Å²) in [6, 6.07) is 5.03. The van der Waals surface area contributed by atoms with Crippen molar-refractivity contribution in [1.82, 2.24) is 9.97 Å². The van der Waals surface area contributed by atoms with Crippen molar-refractivity contribution < 1.29 is 4.79 Å². The molecule has 2 aromatic rings. The molecule has 0 N–H and O–H groups in total. The fraction of sp³-hybridized carbons (Fsp3) is 0.0833. The quantitative estimate of drug-likeness (QED) is 0.748. The summed E-state index contributed by atoms with van der Waals surface area (Å²) in [5, 5.41) is 0.513. The maximum Gasteiger partial charge on any atom is 0.212 e. The third-order valence-electron chi connectivity index (χ3n) is 2.10. The molecule has 0 radical (unpaired) electrons. The first-order valence-corrected chi connectivity index (χ1v) is 5.12. The average molecular weight is 233 g/mol. The van der Waals surface area contributed by atoms with Crippen LogP contribution in [0.1, 0.15) is 21.6 Å². The summed E-state index contributed by atoms with van der Waals surface area (Å²) >= 11 is 5.70. The molecular formula is C12H9ClN2O. The fourth-order valence-electron chi connectivity index (χ4n) is 1.34. The van der Waals surface area contributed by atoms with Crippen LogP contribution in [0.3, 0.4) is 0 Å². The molecule has 0 aliphatic carbocycles. The van der Waals surface area contributed by atoms with Gasteiger partial charge in [0, 0.05) is 24.2 Å². The maximum absolute atomic E-state index is 12.0. The van der Waals surface area contributed by atoms with E-state index in [9.17, 15) is 4.79 Å². The Morgan fingerprint density at radius 1 is 1.25 bits per heavy atom. The fourth-order valence-corrected chi connectivity index (χ4v) is 1.45. The number of rotatable bonds is 2. The number of aryl methyl sites for hydroxylation is 1. The molecule has 0 atom stereocenters. The lowest BCUT2D eigenvalue weighted by molar-refractivity contribution is 0.103. The van der Waals surface area contributed by atoms with Crippen molar-refractivity contribution in [2.45, 2.75) is 6.92 Å². The number of pyridine rings is 2. The van der Waals surface area contributed by atoms with Crippen molar-refractivity contribution in [3.05, 3.63) is 58.6 Å². The monoisotopic (exact) mass is 232 g/mol. The van der Waals surface area contributed by atoms with E-state index < -0.39 is 0 Å². The Bertz CT molecular complexity index is 523. The zero-order valence-corrected chi connectivity index (χ0v) is 9.40. The molecule has 0 saturated heterocycles. The molecule has 0 aliphatic heterocycles. The lowest BCUT2D eigenvalue weighted by Crippen LogP contribution is -2.04. The molecule has 0 saturated carbocycles. The van der Waals surface area contributed by atoms with Crippen LogP contribution < -0.4 is 0 Å². The highest BCUT2D eigenvalue weighted by Crippen LogP contribution is 2.11. The first-order chi connectivity index (χ1) is 7.66. The molecule has 0 aliphatic rings. The molecule has 2 rings (SSSR count). The van der Waals surface area contributed by atoms with Gasteiger partial charge in [-0.05, 0) is 30.7 Å². The van der Waals surface area contributed by atoms with E-state index in [2.05, 4.69) is 9.97 Å². The molecule has 0 fully saturated rings. The van der Waals surface area contributed by atoms with Gasteiger partial charge in [0.15, 0.2) is 0 Å². The van der Waals surface area contributed by atoms with Gasteiger partial charge in [0.25, 0.3) is 0 Å². The number of hydrogen-bond acceptors (Lipinski definition) is 3. The smallest absolute Gasteiger partial charge is 0.212 e. The Hall–Kier alpha value is -1.74. The molecule has 0 aromatic carbocycles. The molecule has 0 amide bonds. The van der Waals surface area contributed by atoms with E-state index in [1.165, 1.54) is 12.4 Å². The Morgan fingerprint density at radius 2 is 2.06 bits per heavy atom. The minimum absolute atomic E-state index is 0.145. The van der Waals surface area contributed by atoms with Crippen LogP contribution in [0.4, 0.5) is 0 Å². The van der Waals surface area contributed by atoms with Gasteiger partial charge in [-0.1, -0.05) is 11.6 Å². The minimum Gasteiger partial charge on any atom is -0.287 e. The predicted molar refractivity (Wildman–Crippen MR) is 61.7 cm³/mol. The van der Waals surface area contributed by atoms with Gasteiger partial charge in [-0.15, -0.1) is 0 Å². The maximum atomic E-state index is 12.0. The molecule has 3 nitrogen and oxygen atoms in total. The Morgan fingerprint density at radius 3 is 2.69 bits per heavy atom. The van der Waals surface area contributed by atoms with Crippen molar-refractivity contribution in [2.75, 3.05) is 0 Å². The average Bonchev–Trinajstić information content (AvgIpc) is 2.29. The third-order valence-corrected chi connectivity index (χ3v) is 2.32. The standard InChI is InChI=1S/C12H9ClN2O/c1-8-4-9(6-14-5-8)12(16)11-3-2-10(13)7-15-11/h2-7H,1H3. The second-order valence-electron chi connectivity index (χ2n) is 3.44. The molecule has 0 bridgehead atoms. The van der Waals surface area contributed by atoms with E-state index >= 15 is 0 Å². The number of carbonyl (C=O) groups excluding carboxylic acids is 1. The van der Waals surface area contributed by atoms with Gasteiger partial charge in [-0.2, -0.15) is 0 Å². The summed E-state index contributed by atoms with van der Waals surface area (Å²) in [6.07, 6.45) is 4.69. The molecule has 4 heteroatoms. The number of nitrogens with zero attached hydrogens (tertiary/aromatic N) is 2. The summed E-state index contributed by atoms with van der Waals surface area (Å²) in [5.74, 6) is -0.145. The third kappa shape index (κ3) is 2.25. The topological polar surface area (TPSA) is 42.9 Å². The van der Waals surface area contributed by atoms with Gasteiger partial charge in [-0.25, -0.2) is 0 Å². The summed E-state index contributed by atoms with van der Waals surface area (Å²) in [4.78, 5) is 19.9. The second-order valence-corrected chi connectivity index (χ2v) is 3.88.